The van der Waals surface area contributed by atoms with Crippen LogP contribution in [0.2, 0.25) is 0 Å². The number of nitrogens with one attached hydrogen (secondary N) is 1. The monoisotopic (exact) mass is 415 g/mol. The van der Waals surface area contributed by atoms with Crippen molar-refractivity contribution in [1.82, 2.24) is 5.32 Å². The number of halogens is 2. The molecule has 1 heterocycles. The molecule has 0 aliphatic carbocycles. The molecule has 1 N–H and O–H groups in total. The van der Waals surface area contributed by atoms with E-state index in [1.165, 1.54) is 29.8 Å². The van der Waals surface area contributed by atoms with E-state index in [0.717, 1.165) is 13.0 Å². The number of rotatable bonds is 5. The first kappa shape index (κ1) is 16.2. The van der Waals surface area contributed by atoms with Gasteiger partial charge in [0.1, 0.15) is 0 Å². The standard InChI is InChI=1S/C16H19Br2NS/c1-4-7-19-16(15-9-14(18)11(3)20-15)12-8-10(2)5-6-13(12)17/h5-6,8-9,16,19H,4,7H2,1-3H3. The second-order valence-corrected chi connectivity index (χ2v) is 7.96. The zero-order valence-corrected chi connectivity index (χ0v) is 16.0. The smallest absolute Gasteiger partial charge is 0.0682 e. The van der Waals surface area contributed by atoms with Gasteiger partial charge in [-0.25, -0.2) is 0 Å². The maximum atomic E-state index is 3.70. The third kappa shape index (κ3) is 3.73. The van der Waals surface area contributed by atoms with Crippen LogP contribution in [-0.4, -0.2) is 6.54 Å². The van der Waals surface area contributed by atoms with Crippen LogP contribution in [0, 0.1) is 13.8 Å². The molecular formula is C16H19Br2NS. The van der Waals surface area contributed by atoms with E-state index in [-0.39, 0.29) is 6.04 Å². The molecule has 0 amide bonds. The van der Waals surface area contributed by atoms with Crippen molar-refractivity contribution in [2.24, 2.45) is 0 Å². The van der Waals surface area contributed by atoms with Crippen LogP contribution in [0.15, 0.2) is 33.2 Å². The van der Waals surface area contributed by atoms with Crippen molar-refractivity contribution in [2.75, 3.05) is 6.54 Å². The molecule has 0 radical (unpaired) electrons. The van der Waals surface area contributed by atoms with E-state index < -0.39 is 0 Å². The summed E-state index contributed by atoms with van der Waals surface area (Å²) >= 11 is 9.18. The molecule has 1 aromatic heterocycles. The molecule has 4 heteroatoms. The molecule has 0 spiro atoms. The van der Waals surface area contributed by atoms with Crippen LogP contribution in [0.5, 0.6) is 0 Å². The van der Waals surface area contributed by atoms with Gasteiger partial charge in [0.15, 0.2) is 0 Å². The van der Waals surface area contributed by atoms with Crippen molar-refractivity contribution in [2.45, 2.75) is 33.2 Å². The number of aryl methyl sites for hydroxylation is 2. The Morgan fingerprint density at radius 1 is 1.15 bits per heavy atom. The number of benzene rings is 1. The summed E-state index contributed by atoms with van der Waals surface area (Å²) in [6, 6.07) is 9.03. The summed E-state index contributed by atoms with van der Waals surface area (Å²) in [6.45, 7) is 7.51. The van der Waals surface area contributed by atoms with E-state index >= 15 is 0 Å². The summed E-state index contributed by atoms with van der Waals surface area (Å²) in [5.74, 6) is 0. The van der Waals surface area contributed by atoms with E-state index in [9.17, 15) is 0 Å². The second kappa shape index (κ2) is 7.21. The lowest BCUT2D eigenvalue weighted by Gasteiger charge is -2.19. The lowest BCUT2D eigenvalue weighted by atomic mass is 10.0. The Labute approximate surface area is 142 Å². The van der Waals surface area contributed by atoms with Crippen LogP contribution in [-0.2, 0) is 0 Å². The lowest BCUT2D eigenvalue weighted by Crippen LogP contribution is -2.22. The Kier molecular flexibility index (Phi) is 5.84. The normalized spacial score (nSPS) is 12.7. The Hall–Kier alpha value is -0.160. The highest BCUT2D eigenvalue weighted by Crippen LogP contribution is 2.36. The summed E-state index contributed by atoms with van der Waals surface area (Å²) in [5.41, 5.74) is 2.60. The van der Waals surface area contributed by atoms with Crippen LogP contribution in [0.1, 0.15) is 40.3 Å². The molecule has 1 aromatic carbocycles. The number of thiophene rings is 1. The average molecular weight is 417 g/mol. The molecule has 1 nitrogen and oxygen atoms in total. The van der Waals surface area contributed by atoms with Crippen LogP contribution < -0.4 is 5.32 Å². The summed E-state index contributed by atoms with van der Waals surface area (Å²) < 4.78 is 2.36. The van der Waals surface area contributed by atoms with Gasteiger partial charge in [-0.05, 0) is 60.4 Å². The first-order chi connectivity index (χ1) is 9.52. The van der Waals surface area contributed by atoms with Crippen molar-refractivity contribution >= 4 is 43.2 Å². The van der Waals surface area contributed by atoms with Crippen molar-refractivity contribution in [3.63, 3.8) is 0 Å². The second-order valence-electron chi connectivity index (χ2n) is 4.96. The fraction of sp³-hybridized carbons (Fsp3) is 0.375. The van der Waals surface area contributed by atoms with Crippen molar-refractivity contribution in [3.8, 4) is 0 Å². The summed E-state index contributed by atoms with van der Waals surface area (Å²) in [6.07, 6.45) is 1.13. The van der Waals surface area contributed by atoms with E-state index in [1.54, 1.807) is 0 Å². The van der Waals surface area contributed by atoms with Crippen LogP contribution in [0.25, 0.3) is 0 Å². The Bertz CT molecular complexity index is 573. The predicted molar refractivity (Wildman–Crippen MR) is 95.8 cm³/mol. The van der Waals surface area contributed by atoms with Gasteiger partial charge < -0.3 is 5.32 Å². The van der Waals surface area contributed by atoms with Gasteiger partial charge in [-0.15, -0.1) is 11.3 Å². The van der Waals surface area contributed by atoms with Crippen molar-refractivity contribution in [3.05, 3.63) is 54.1 Å². The maximum Gasteiger partial charge on any atom is 0.0682 e. The van der Waals surface area contributed by atoms with Crippen LogP contribution >= 0.6 is 43.2 Å². The largest absolute Gasteiger partial charge is 0.306 e. The van der Waals surface area contributed by atoms with E-state index in [1.807, 2.05) is 11.3 Å². The topological polar surface area (TPSA) is 12.0 Å². The van der Waals surface area contributed by atoms with E-state index in [4.69, 9.17) is 0 Å². The Morgan fingerprint density at radius 3 is 2.50 bits per heavy atom. The lowest BCUT2D eigenvalue weighted by molar-refractivity contribution is 0.604. The molecule has 108 valence electrons. The third-order valence-corrected chi connectivity index (χ3v) is 6.15. The zero-order valence-electron chi connectivity index (χ0n) is 12.0. The predicted octanol–water partition coefficient (Wildman–Crippen LogP) is 5.98. The quantitative estimate of drug-likeness (QED) is 0.632. The highest BCUT2D eigenvalue weighted by molar-refractivity contribution is 9.10. The van der Waals surface area contributed by atoms with Crippen molar-refractivity contribution in [1.29, 1.82) is 0 Å². The first-order valence-electron chi connectivity index (χ1n) is 6.78. The van der Waals surface area contributed by atoms with E-state index in [2.05, 4.69) is 82.2 Å². The molecule has 1 atom stereocenters. The molecule has 0 saturated carbocycles. The zero-order chi connectivity index (χ0) is 14.7. The highest BCUT2D eigenvalue weighted by Gasteiger charge is 2.19. The van der Waals surface area contributed by atoms with Crippen molar-refractivity contribution < 1.29 is 0 Å². The molecular weight excluding hydrogens is 398 g/mol. The minimum Gasteiger partial charge on any atom is -0.306 e. The van der Waals surface area contributed by atoms with Gasteiger partial charge in [-0.1, -0.05) is 40.5 Å². The van der Waals surface area contributed by atoms with Crippen LogP contribution in [0.4, 0.5) is 0 Å². The molecule has 0 aliphatic rings. The molecule has 0 bridgehead atoms. The molecule has 0 aliphatic heterocycles. The highest BCUT2D eigenvalue weighted by atomic mass is 79.9. The SMILES string of the molecule is CCCNC(c1cc(Br)c(C)s1)c1cc(C)ccc1Br. The molecule has 20 heavy (non-hydrogen) atoms. The summed E-state index contributed by atoms with van der Waals surface area (Å²) in [5, 5.41) is 3.67. The minimum absolute atomic E-state index is 0.249. The average Bonchev–Trinajstić information content (AvgIpc) is 2.74. The summed E-state index contributed by atoms with van der Waals surface area (Å²) in [4.78, 5) is 2.68. The van der Waals surface area contributed by atoms with Gasteiger partial charge in [0.05, 0.1) is 6.04 Å². The third-order valence-electron chi connectivity index (χ3n) is 3.22. The van der Waals surface area contributed by atoms with Gasteiger partial charge in [-0.3, -0.25) is 0 Å². The first-order valence-corrected chi connectivity index (χ1v) is 9.18. The molecule has 2 rings (SSSR count). The van der Waals surface area contributed by atoms with E-state index in [0.29, 0.717) is 0 Å². The molecule has 2 aromatic rings. The fourth-order valence-corrected chi connectivity index (χ4v) is 4.29. The van der Waals surface area contributed by atoms with Crippen LogP contribution in [0.3, 0.4) is 0 Å². The Balaban J connectivity index is 2.43. The fourth-order valence-electron chi connectivity index (χ4n) is 2.16. The van der Waals surface area contributed by atoms with Gasteiger partial charge in [0.25, 0.3) is 0 Å². The minimum atomic E-state index is 0.249. The molecule has 0 fully saturated rings. The van der Waals surface area contributed by atoms with Gasteiger partial charge in [0, 0.05) is 18.7 Å². The number of hydrogen-bond donors (Lipinski definition) is 1. The number of hydrogen-bond acceptors (Lipinski definition) is 2. The molecule has 1 unspecified atom stereocenters. The summed E-state index contributed by atoms with van der Waals surface area (Å²) in [7, 11) is 0. The van der Waals surface area contributed by atoms with Gasteiger partial charge >= 0.3 is 0 Å². The Morgan fingerprint density at radius 2 is 1.90 bits per heavy atom. The van der Waals surface area contributed by atoms with Gasteiger partial charge in [-0.2, -0.15) is 0 Å². The van der Waals surface area contributed by atoms with Gasteiger partial charge in [0.2, 0.25) is 0 Å². The maximum absolute atomic E-state index is 3.70. The molecule has 0 saturated heterocycles.